The lowest BCUT2D eigenvalue weighted by Crippen LogP contribution is -2.31. The minimum atomic E-state index is -0.288. The Hall–Kier alpha value is -3.79. The van der Waals surface area contributed by atoms with Gasteiger partial charge in [0.15, 0.2) is 5.82 Å². The molecule has 146 valence electrons. The maximum atomic E-state index is 12.6. The Balaban J connectivity index is 1.69. The van der Waals surface area contributed by atoms with Gasteiger partial charge in [-0.15, -0.1) is 0 Å². The molecule has 10 nitrogen and oxygen atoms in total. The molecule has 10 heteroatoms. The molecular weight excluding hydrogens is 372 g/mol. The molecule has 0 saturated heterocycles. The van der Waals surface area contributed by atoms with Crippen LogP contribution in [0.3, 0.4) is 0 Å². The Morgan fingerprint density at radius 2 is 1.97 bits per heavy atom. The molecule has 0 spiro atoms. The highest BCUT2D eigenvalue weighted by Gasteiger charge is 2.28. The van der Waals surface area contributed by atoms with Gasteiger partial charge in [-0.1, -0.05) is 0 Å². The summed E-state index contributed by atoms with van der Waals surface area (Å²) >= 11 is 0. The van der Waals surface area contributed by atoms with Crippen molar-refractivity contribution in [3.63, 3.8) is 0 Å². The average Bonchev–Trinajstić information content (AvgIpc) is 3.39. The van der Waals surface area contributed by atoms with Gasteiger partial charge in [0.05, 0.1) is 46.2 Å². The second-order valence-corrected chi connectivity index (χ2v) is 6.94. The minimum Gasteiger partial charge on any atom is -0.358 e. The van der Waals surface area contributed by atoms with E-state index in [1.807, 2.05) is 6.92 Å². The van der Waals surface area contributed by atoms with Crippen molar-refractivity contribution in [1.82, 2.24) is 35.8 Å². The number of carbonyl (C=O) groups is 2. The van der Waals surface area contributed by atoms with E-state index in [0.29, 0.717) is 53.7 Å². The van der Waals surface area contributed by atoms with Crippen LogP contribution in [0.15, 0.2) is 18.5 Å². The fraction of sp³-hybridized carbons (Fsp3) is 0.211. The first-order chi connectivity index (χ1) is 14.1. The Morgan fingerprint density at radius 3 is 2.86 bits per heavy atom. The highest BCUT2D eigenvalue weighted by atomic mass is 16.2. The van der Waals surface area contributed by atoms with Gasteiger partial charge in [0.2, 0.25) is 0 Å². The zero-order valence-electron chi connectivity index (χ0n) is 15.6. The summed E-state index contributed by atoms with van der Waals surface area (Å²) in [6, 6.07) is 1.77. The molecule has 3 aromatic heterocycles. The van der Waals surface area contributed by atoms with Gasteiger partial charge in [0.1, 0.15) is 5.69 Å². The number of H-pyrrole nitrogens is 2. The molecular formula is C19H18N8O2. The van der Waals surface area contributed by atoms with Crippen molar-refractivity contribution in [2.24, 2.45) is 0 Å². The quantitative estimate of drug-likeness (QED) is 0.385. The average molecular weight is 390 g/mol. The van der Waals surface area contributed by atoms with Gasteiger partial charge in [0.25, 0.3) is 11.8 Å². The fourth-order valence-electron chi connectivity index (χ4n) is 3.51. The number of hydrogen-bond donors (Lipinski definition) is 5. The fourth-order valence-corrected chi connectivity index (χ4v) is 3.51. The number of fused-ring (bicyclic) bond motifs is 4. The van der Waals surface area contributed by atoms with Crippen LogP contribution < -0.4 is 16.0 Å². The number of anilines is 1. The monoisotopic (exact) mass is 390 g/mol. The summed E-state index contributed by atoms with van der Waals surface area (Å²) in [7, 11) is 0. The lowest BCUT2D eigenvalue weighted by atomic mass is 10.1. The van der Waals surface area contributed by atoms with E-state index in [1.54, 1.807) is 24.5 Å². The Morgan fingerprint density at radius 1 is 1.07 bits per heavy atom. The van der Waals surface area contributed by atoms with Gasteiger partial charge in [-0.3, -0.25) is 14.7 Å². The Labute approximate surface area is 165 Å². The third-order valence-corrected chi connectivity index (χ3v) is 4.90. The van der Waals surface area contributed by atoms with Crippen LogP contribution in [0.25, 0.3) is 23.0 Å². The molecule has 0 aromatic carbocycles. The molecule has 0 unspecified atom stereocenters. The number of carbonyl (C=O) groups excluding carboxylic acids is 2. The lowest BCUT2D eigenvalue weighted by molar-refractivity contribution is -0.110. The van der Waals surface area contributed by atoms with E-state index in [9.17, 15) is 9.59 Å². The highest BCUT2D eigenvalue weighted by molar-refractivity contribution is 6.34. The van der Waals surface area contributed by atoms with Crippen LogP contribution in [0, 0.1) is 6.92 Å². The maximum absolute atomic E-state index is 12.6. The molecule has 5 rings (SSSR count). The first kappa shape index (κ1) is 17.3. The van der Waals surface area contributed by atoms with E-state index in [-0.39, 0.29) is 11.8 Å². The zero-order chi connectivity index (χ0) is 20.0. The van der Waals surface area contributed by atoms with Crippen LogP contribution >= 0.6 is 0 Å². The normalized spacial score (nSPS) is 17.9. The third-order valence-electron chi connectivity index (χ3n) is 4.90. The van der Waals surface area contributed by atoms with Crippen LogP contribution in [0.4, 0.5) is 5.69 Å². The van der Waals surface area contributed by atoms with E-state index < -0.39 is 0 Å². The van der Waals surface area contributed by atoms with Crippen LogP contribution in [0.1, 0.15) is 33.1 Å². The summed E-state index contributed by atoms with van der Waals surface area (Å²) in [4.78, 5) is 37.4. The molecule has 29 heavy (non-hydrogen) atoms. The van der Waals surface area contributed by atoms with E-state index in [1.165, 1.54) is 0 Å². The molecule has 0 saturated carbocycles. The smallest absolute Gasteiger partial charge is 0.258 e. The summed E-state index contributed by atoms with van der Waals surface area (Å²) in [6.45, 7) is 3.41. The molecule has 0 aliphatic carbocycles. The largest absolute Gasteiger partial charge is 0.358 e. The predicted molar refractivity (Wildman–Crippen MR) is 106 cm³/mol. The number of aryl methyl sites for hydroxylation is 1. The number of rotatable bonds is 0. The first-order valence-electron chi connectivity index (χ1n) is 9.22. The number of aromatic amines is 2. The van der Waals surface area contributed by atoms with Crippen LogP contribution in [-0.2, 0) is 11.3 Å². The molecule has 2 aliphatic rings. The number of hydrogen-bond acceptors (Lipinski definition) is 6. The summed E-state index contributed by atoms with van der Waals surface area (Å²) in [5.41, 5.74) is 4.85. The van der Waals surface area contributed by atoms with E-state index in [2.05, 4.69) is 41.1 Å². The topological polar surface area (TPSA) is 140 Å². The molecule has 0 atom stereocenters. The first-order valence-corrected chi connectivity index (χ1v) is 9.22. The number of aromatic nitrogens is 5. The molecule has 2 aliphatic heterocycles. The zero-order valence-corrected chi connectivity index (χ0v) is 15.6. The molecule has 5 heterocycles. The van der Waals surface area contributed by atoms with Gasteiger partial charge in [0, 0.05) is 25.3 Å². The van der Waals surface area contributed by atoms with Crippen molar-refractivity contribution in [3.05, 3.63) is 46.8 Å². The Bertz CT molecular complexity index is 1170. The summed E-state index contributed by atoms with van der Waals surface area (Å²) in [6.07, 6.45) is 4.92. The number of nitrogens with one attached hydrogen (secondary N) is 5. The van der Waals surface area contributed by atoms with Crippen molar-refractivity contribution >= 4 is 29.2 Å². The minimum absolute atomic E-state index is 0.206. The number of nitrogens with zero attached hydrogens (tertiary/aromatic N) is 3. The summed E-state index contributed by atoms with van der Waals surface area (Å²) in [5, 5.41) is 16.0. The van der Waals surface area contributed by atoms with E-state index in [4.69, 9.17) is 0 Å². The summed E-state index contributed by atoms with van der Waals surface area (Å²) < 4.78 is 0. The van der Waals surface area contributed by atoms with Crippen molar-refractivity contribution in [3.8, 4) is 11.4 Å². The maximum Gasteiger partial charge on any atom is 0.258 e. The van der Waals surface area contributed by atoms with Gasteiger partial charge in [-0.2, -0.15) is 5.10 Å². The van der Waals surface area contributed by atoms with Gasteiger partial charge < -0.3 is 20.9 Å². The van der Waals surface area contributed by atoms with E-state index in [0.717, 1.165) is 17.0 Å². The van der Waals surface area contributed by atoms with Gasteiger partial charge >= 0.3 is 0 Å². The molecule has 2 amide bonds. The molecule has 0 fully saturated rings. The summed E-state index contributed by atoms with van der Waals surface area (Å²) in [5.74, 6) is -0.0192. The van der Waals surface area contributed by atoms with Crippen molar-refractivity contribution < 1.29 is 9.59 Å². The molecule has 3 aromatic rings. The van der Waals surface area contributed by atoms with Gasteiger partial charge in [-0.05, 0) is 19.1 Å². The predicted octanol–water partition coefficient (Wildman–Crippen LogP) is 0.829. The standard InChI is InChI=1S/C19H18N8O2/c1-9-4-10-13(24-9)5-11-16-15(25-19(11)29)8-22-17(26-16)12-6-23-27-14(12)7-20-2-3-21-18(10)28/h4-6,8,20,24H,2-3,7H2,1H3,(H,21,28)(H,23,27)(H,25,29)/b11-5-. The molecule has 5 N–H and O–H groups in total. The SMILES string of the molecule is Cc1cc2c([nH]1)/C=C1\C(=O)Nc3cnc(nc31)-c1cn[nH]c1CNCCNC2=O. The second-order valence-electron chi connectivity index (χ2n) is 6.94. The van der Waals surface area contributed by atoms with Crippen LogP contribution in [0.2, 0.25) is 0 Å². The molecule has 0 radical (unpaired) electrons. The molecule has 2 bridgehead atoms. The van der Waals surface area contributed by atoms with Crippen LogP contribution in [0.5, 0.6) is 0 Å². The van der Waals surface area contributed by atoms with Crippen LogP contribution in [-0.4, -0.2) is 50.1 Å². The van der Waals surface area contributed by atoms with Crippen molar-refractivity contribution in [1.29, 1.82) is 0 Å². The van der Waals surface area contributed by atoms with Gasteiger partial charge in [-0.25, -0.2) is 9.97 Å². The second kappa shape index (κ2) is 6.67. The highest BCUT2D eigenvalue weighted by Crippen LogP contribution is 2.33. The van der Waals surface area contributed by atoms with Crippen molar-refractivity contribution in [2.75, 3.05) is 18.4 Å². The third kappa shape index (κ3) is 2.99. The number of amides is 2. The Kier molecular flexibility index (Phi) is 3.98. The lowest BCUT2D eigenvalue weighted by Gasteiger charge is -2.07. The van der Waals surface area contributed by atoms with Crippen molar-refractivity contribution in [2.45, 2.75) is 13.5 Å². The van der Waals surface area contributed by atoms with E-state index >= 15 is 0 Å².